The molecule has 0 aromatic heterocycles. The van der Waals surface area contributed by atoms with Crippen LogP contribution in [0.4, 0.5) is 0 Å². The van der Waals surface area contributed by atoms with Crippen LogP contribution in [0.2, 0.25) is 0 Å². The lowest BCUT2D eigenvalue weighted by Gasteiger charge is -2.30. The van der Waals surface area contributed by atoms with Crippen molar-refractivity contribution in [2.75, 3.05) is 6.61 Å². The SMILES string of the molecule is CCOC(=O)c1ccccc1C1C[C@H]2CC[C@@H](C1)N2. The van der Waals surface area contributed by atoms with E-state index in [1.807, 2.05) is 25.1 Å². The van der Waals surface area contributed by atoms with E-state index in [9.17, 15) is 4.79 Å². The number of fused-ring (bicyclic) bond motifs is 2. The zero-order valence-electron chi connectivity index (χ0n) is 11.4. The van der Waals surface area contributed by atoms with Crippen LogP contribution < -0.4 is 5.32 Å². The summed E-state index contributed by atoms with van der Waals surface area (Å²) < 4.78 is 5.17. The Morgan fingerprint density at radius 3 is 2.63 bits per heavy atom. The van der Waals surface area contributed by atoms with Crippen molar-refractivity contribution < 1.29 is 9.53 Å². The van der Waals surface area contributed by atoms with Crippen molar-refractivity contribution in [1.82, 2.24) is 5.32 Å². The number of hydrogen-bond acceptors (Lipinski definition) is 3. The third kappa shape index (κ3) is 2.52. The fourth-order valence-electron chi connectivity index (χ4n) is 3.56. The Morgan fingerprint density at radius 2 is 1.95 bits per heavy atom. The van der Waals surface area contributed by atoms with E-state index >= 15 is 0 Å². The minimum absolute atomic E-state index is 0.177. The van der Waals surface area contributed by atoms with Gasteiger partial charge in [-0.2, -0.15) is 0 Å². The van der Waals surface area contributed by atoms with Crippen LogP contribution in [0.3, 0.4) is 0 Å². The van der Waals surface area contributed by atoms with Gasteiger partial charge in [-0.05, 0) is 50.2 Å². The van der Waals surface area contributed by atoms with Gasteiger partial charge in [0.25, 0.3) is 0 Å². The molecule has 3 nitrogen and oxygen atoms in total. The zero-order valence-corrected chi connectivity index (χ0v) is 11.4. The molecule has 2 saturated heterocycles. The molecule has 2 heterocycles. The molecule has 0 spiro atoms. The zero-order chi connectivity index (χ0) is 13.2. The average Bonchev–Trinajstić information content (AvgIpc) is 2.78. The highest BCUT2D eigenvalue weighted by Gasteiger charge is 2.35. The van der Waals surface area contributed by atoms with Crippen molar-refractivity contribution >= 4 is 5.97 Å². The maximum Gasteiger partial charge on any atom is 0.338 e. The van der Waals surface area contributed by atoms with Crippen LogP contribution in [0.1, 0.15) is 54.4 Å². The van der Waals surface area contributed by atoms with Crippen LogP contribution >= 0.6 is 0 Å². The summed E-state index contributed by atoms with van der Waals surface area (Å²) in [4.78, 5) is 12.0. The molecule has 0 radical (unpaired) electrons. The molecule has 2 aliphatic heterocycles. The second-order valence-corrected chi connectivity index (χ2v) is 5.61. The number of carbonyl (C=O) groups is 1. The van der Waals surface area contributed by atoms with Crippen molar-refractivity contribution in [2.45, 2.75) is 50.6 Å². The summed E-state index contributed by atoms with van der Waals surface area (Å²) in [5, 5.41) is 3.65. The second-order valence-electron chi connectivity index (χ2n) is 5.61. The first-order chi connectivity index (χ1) is 9.28. The third-order valence-electron chi connectivity index (χ3n) is 4.37. The predicted molar refractivity (Wildman–Crippen MR) is 74.3 cm³/mol. The Balaban J connectivity index is 1.86. The molecule has 102 valence electrons. The van der Waals surface area contributed by atoms with E-state index in [4.69, 9.17) is 4.74 Å². The Labute approximate surface area is 114 Å². The number of carbonyl (C=O) groups excluding carboxylic acids is 1. The molecular formula is C16H21NO2. The lowest BCUT2D eigenvalue weighted by atomic mass is 9.84. The van der Waals surface area contributed by atoms with Crippen molar-refractivity contribution in [3.63, 3.8) is 0 Å². The van der Waals surface area contributed by atoms with Crippen LogP contribution in [0.25, 0.3) is 0 Å². The van der Waals surface area contributed by atoms with Gasteiger partial charge in [0.05, 0.1) is 12.2 Å². The summed E-state index contributed by atoms with van der Waals surface area (Å²) in [5.41, 5.74) is 1.94. The molecule has 19 heavy (non-hydrogen) atoms. The molecule has 1 aromatic rings. The minimum atomic E-state index is -0.177. The maximum absolute atomic E-state index is 12.0. The van der Waals surface area contributed by atoms with Crippen LogP contribution in [0, 0.1) is 0 Å². The number of rotatable bonds is 3. The van der Waals surface area contributed by atoms with Gasteiger partial charge in [-0.1, -0.05) is 18.2 Å². The Hall–Kier alpha value is -1.35. The van der Waals surface area contributed by atoms with Crippen LogP contribution in [-0.4, -0.2) is 24.7 Å². The topological polar surface area (TPSA) is 38.3 Å². The van der Waals surface area contributed by atoms with E-state index in [1.165, 1.54) is 18.4 Å². The summed E-state index contributed by atoms with van der Waals surface area (Å²) >= 11 is 0. The molecule has 1 unspecified atom stereocenters. The second kappa shape index (κ2) is 5.33. The summed E-state index contributed by atoms with van der Waals surface area (Å²) in [6.07, 6.45) is 4.85. The van der Waals surface area contributed by atoms with Crippen LogP contribution in [-0.2, 0) is 4.74 Å². The number of benzene rings is 1. The highest BCUT2D eigenvalue weighted by molar-refractivity contribution is 5.91. The fourth-order valence-corrected chi connectivity index (χ4v) is 3.56. The molecule has 3 heteroatoms. The molecule has 0 saturated carbocycles. The van der Waals surface area contributed by atoms with Crippen molar-refractivity contribution in [3.05, 3.63) is 35.4 Å². The molecular weight excluding hydrogens is 238 g/mol. The van der Waals surface area contributed by atoms with Crippen LogP contribution in [0.15, 0.2) is 24.3 Å². The lowest BCUT2D eigenvalue weighted by Crippen LogP contribution is -2.37. The highest BCUT2D eigenvalue weighted by Crippen LogP contribution is 2.38. The van der Waals surface area contributed by atoms with E-state index < -0.39 is 0 Å². The van der Waals surface area contributed by atoms with E-state index in [1.54, 1.807) is 0 Å². The minimum Gasteiger partial charge on any atom is -0.462 e. The molecule has 0 aliphatic carbocycles. The molecule has 2 aliphatic rings. The van der Waals surface area contributed by atoms with Gasteiger partial charge in [-0.3, -0.25) is 0 Å². The van der Waals surface area contributed by atoms with E-state index in [0.29, 0.717) is 24.6 Å². The molecule has 2 bridgehead atoms. The number of ether oxygens (including phenoxy) is 1. The lowest BCUT2D eigenvalue weighted by molar-refractivity contribution is 0.0524. The van der Waals surface area contributed by atoms with Gasteiger partial charge in [0.2, 0.25) is 0 Å². The van der Waals surface area contributed by atoms with Gasteiger partial charge in [0.15, 0.2) is 0 Å². The Kier molecular flexibility index (Phi) is 3.56. The number of nitrogens with one attached hydrogen (secondary N) is 1. The average molecular weight is 259 g/mol. The summed E-state index contributed by atoms with van der Waals surface area (Å²) in [5.74, 6) is 0.323. The Bertz CT molecular complexity index is 460. The smallest absolute Gasteiger partial charge is 0.338 e. The molecule has 3 atom stereocenters. The number of esters is 1. The first-order valence-electron chi connectivity index (χ1n) is 7.30. The van der Waals surface area contributed by atoms with Crippen molar-refractivity contribution in [3.8, 4) is 0 Å². The van der Waals surface area contributed by atoms with E-state index in [-0.39, 0.29) is 5.97 Å². The number of hydrogen-bond donors (Lipinski definition) is 1. The van der Waals surface area contributed by atoms with E-state index in [2.05, 4.69) is 11.4 Å². The summed E-state index contributed by atoms with van der Waals surface area (Å²) in [7, 11) is 0. The van der Waals surface area contributed by atoms with Gasteiger partial charge >= 0.3 is 5.97 Å². The monoisotopic (exact) mass is 259 g/mol. The quantitative estimate of drug-likeness (QED) is 0.848. The Morgan fingerprint density at radius 1 is 1.26 bits per heavy atom. The first-order valence-corrected chi connectivity index (χ1v) is 7.30. The van der Waals surface area contributed by atoms with E-state index in [0.717, 1.165) is 18.4 Å². The van der Waals surface area contributed by atoms with Crippen molar-refractivity contribution in [1.29, 1.82) is 0 Å². The van der Waals surface area contributed by atoms with Gasteiger partial charge in [-0.15, -0.1) is 0 Å². The maximum atomic E-state index is 12.0. The third-order valence-corrected chi connectivity index (χ3v) is 4.37. The predicted octanol–water partition coefficient (Wildman–Crippen LogP) is 2.86. The summed E-state index contributed by atoms with van der Waals surface area (Å²) in [6, 6.07) is 9.23. The van der Waals surface area contributed by atoms with Crippen LogP contribution in [0.5, 0.6) is 0 Å². The molecule has 2 fully saturated rings. The standard InChI is InChI=1S/C16H21NO2/c1-2-19-16(18)15-6-4-3-5-14(15)11-9-12-7-8-13(10-11)17-12/h3-6,11-13,17H,2,7-10H2,1H3/t11?,12-,13+. The van der Waals surface area contributed by atoms with Gasteiger partial charge in [0.1, 0.15) is 0 Å². The fraction of sp³-hybridized carbons (Fsp3) is 0.562. The van der Waals surface area contributed by atoms with Gasteiger partial charge in [0, 0.05) is 12.1 Å². The normalized spacial score (nSPS) is 29.2. The van der Waals surface area contributed by atoms with Gasteiger partial charge in [-0.25, -0.2) is 4.79 Å². The van der Waals surface area contributed by atoms with Crippen molar-refractivity contribution in [2.24, 2.45) is 0 Å². The summed E-state index contributed by atoms with van der Waals surface area (Å²) in [6.45, 7) is 2.29. The van der Waals surface area contributed by atoms with Gasteiger partial charge < -0.3 is 10.1 Å². The number of piperidine rings is 1. The molecule has 1 N–H and O–H groups in total. The largest absolute Gasteiger partial charge is 0.462 e. The molecule has 3 rings (SSSR count). The highest BCUT2D eigenvalue weighted by atomic mass is 16.5. The molecule has 0 amide bonds. The molecule has 1 aromatic carbocycles. The first kappa shape index (κ1) is 12.7.